The van der Waals surface area contributed by atoms with Gasteiger partial charge in [-0.25, -0.2) is 4.79 Å². The predicted molar refractivity (Wildman–Crippen MR) is 93.9 cm³/mol. The van der Waals surface area contributed by atoms with Crippen molar-refractivity contribution in [3.63, 3.8) is 0 Å². The van der Waals surface area contributed by atoms with Gasteiger partial charge in [-0.2, -0.15) is 0 Å². The molecule has 6 nitrogen and oxygen atoms in total. The molecule has 2 aliphatic rings. The van der Waals surface area contributed by atoms with Crippen LogP contribution in [0.25, 0.3) is 0 Å². The fourth-order valence-electron chi connectivity index (χ4n) is 3.51. The zero-order chi connectivity index (χ0) is 17.6. The van der Waals surface area contributed by atoms with Gasteiger partial charge in [-0.1, -0.05) is 30.3 Å². The van der Waals surface area contributed by atoms with Crippen molar-refractivity contribution in [2.24, 2.45) is 5.92 Å². The van der Waals surface area contributed by atoms with Crippen LogP contribution in [0.1, 0.15) is 43.6 Å². The number of likely N-dealkylation sites (tertiary alicyclic amines) is 1. The number of hydrogen-bond donors (Lipinski definition) is 2. The minimum absolute atomic E-state index is 0.104. The van der Waals surface area contributed by atoms with Crippen LogP contribution in [0, 0.1) is 5.92 Å². The fraction of sp³-hybridized carbons (Fsp3) is 0.526. The van der Waals surface area contributed by atoms with Gasteiger partial charge in [0.05, 0.1) is 0 Å². The average molecular weight is 343 g/mol. The molecule has 0 unspecified atom stereocenters. The van der Waals surface area contributed by atoms with Gasteiger partial charge in [-0.15, -0.1) is 0 Å². The lowest BCUT2D eigenvalue weighted by molar-refractivity contribution is -0.138. The summed E-state index contributed by atoms with van der Waals surface area (Å²) < 4.78 is 0. The molecule has 134 valence electrons. The molecule has 1 aliphatic heterocycles. The molecule has 4 amide bonds. The number of nitrogens with one attached hydrogen (secondary N) is 2. The SMILES string of the molecule is O=C(NCCCN1C(=O)CCC1=O)NCC1CC(c2ccccc2)C1. The number of amides is 4. The second kappa shape index (κ2) is 8.14. The Balaban J connectivity index is 1.24. The van der Waals surface area contributed by atoms with Crippen LogP contribution in [0.3, 0.4) is 0 Å². The molecule has 1 heterocycles. The van der Waals surface area contributed by atoms with E-state index in [0.29, 0.717) is 50.7 Å². The molecule has 6 heteroatoms. The summed E-state index contributed by atoms with van der Waals surface area (Å²) in [5.41, 5.74) is 1.38. The van der Waals surface area contributed by atoms with E-state index in [1.807, 2.05) is 6.07 Å². The lowest BCUT2D eigenvalue weighted by Crippen LogP contribution is -2.42. The second-order valence-electron chi connectivity index (χ2n) is 6.87. The summed E-state index contributed by atoms with van der Waals surface area (Å²) in [6.45, 7) is 1.54. The van der Waals surface area contributed by atoms with Crippen LogP contribution in [0.5, 0.6) is 0 Å². The maximum atomic E-state index is 11.8. The van der Waals surface area contributed by atoms with Gasteiger partial charge in [0.15, 0.2) is 0 Å². The number of hydrogen-bond acceptors (Lipinski definition) is 3. The number of benzene rings is 1. The van der Waals surface area contributed by atoms with Crippen LogP contribution >= 0.6 is 0 Å². The summed E-state index contributed by atoms with van der Waals surface area (Å²) in [7, 11) is 0. The van der Waals surface area contributed by atoms with Crippen molar-refractivity contribution in [3.05, 3.63) is 35.9 Å². The monoisotopic (exact) mass is 343 g/mol. The van der Waals surface area contributed by atoms with Crippen LogP contribution in [-0.2, 0) is 9.59 Å². The number of nitrogens with zero attached hydrogens (tertiary/aromatic N) is 1. The second-order valence-corrected chi connectivity index (χ2v) is 6.87. The Morgan fingerprint density at radius 2 is 1.72 bits per heavy atom. The fourth-order valence-corrected chi connectivity index (χ4v) is 3.51. The van der Waals surface area contributed by atoms with Crippen LogP contribution in [-0.4, -0.2) is 42.4 Å². The van der Waals surface area contributed by atoms with Crippen molar-refractivity contribution in [1.29, 1.82) is 0 Å². The van der Waals surface area contributed by atoms with E-state index in [1.54, 1.807) is 0 Å². The topological polar surface area (TPSA) is 78.5 Å². The Kier molecular flexibility index (Phi) is 5.68. The molecule has 2 fully saturated rings. The summed E-state index contributed by atoms with van der Waals surface area (Å²) in [5, 5.41) is 5.69. The van der Waals surface area contributed by atoms with Gasteiger partial charge < -0.3 is 10.6 Å². The van der Waals surface area contributed by atoms with E-state index < -0.39 is 0 Å². The molecule has 0 bridgehead atoms. The molecule has 0 spiro atoms. The molecule has 25 heavy (non-hydrogen) atoms. The molecule has 1 saturated heterocycles. The molecule has 0 radical (unpaired) electrons. The maximum Gasteiger partial charge on any atom is 0.314 e. The van der Waals surface area contributed by atoms with E-state index >= 15 is 0 Å². The molecular formula is C19H25N3O3. The highest BCUT2D eigenvalue weighted by molar-refractivity contribution is 6.01. The normalized spacial score (nSPS) is 22.6. The first-order valence-electron chi connectivity index (χ1n) is 9.03. The summed E-state index contributed by atoms with van der Waals surface area (Å²) in [6, 6.07) is 10.3. The van der Waals surface area contributed by atoms with Gasteiger partial charge in [0, 0.05) is 32.5 Å². The van der Waals surface area contributed by atoms with E-state index in [4.69, 9.17) is 0 Å². The number of urea groups is 1. The van der Waals surface area contributed by atoms with Crippen molar-refractivity contribution in [1.82, 2.24) is 15.5 Å². The number of carbonyl (C=O) groups excluding carboxylic acids is 3. The largest absolute Gasteiger partial charge is 0.338 e. The molecule has 0 atom stereocenters. The Bertz CT molecular complexity index is 610. The van der Waals surface area contributed by atoms with Crippen LogP contribution < -0.4 is 10.6 Å². The molecule has 1 aromatic rings. The smallest absolute Gasteiger partial charge is 0.314 e. The van der Waals surface area contributed by atoms with Gasteiger partial charge in [-0.05, 0) is 36.7 Å². The Morgan fingerprint density at radius 3 is 2.40 bits per heavy atom. The average Bonchev–Trinajstić information content (AvgIpc) is 2.90. The first kappa shape index (κ1) is 17.5. The summed E-state index contributed by atoms with van der Waals surface area (Å²) in [4.78, 5) is 36.0. The highest BCUT2D eigenvalue weighted by Crippen LogP contribution is 2.40. The van der Waals surface area contributed by atoms with E-state index in [9.17, 15) is 14.4 Å². The molecule has 1 aliphatic carbocycles. The lowest BCUT2D eigenvalue weighted by Gasteiger charge is -2.35. The third-order valence-electron chi connectivity index (χ3n) is 5.06. The van der Waals surface area contributed by atoms with Gasteiger partial charge >= 0.3 is 6.03 Å². The quantitative estimate of drug-likeness (QED) is 0.587. The molecular weight excluding hydrogens is 318 g/mol. The third-order valence-corrected chi connectivity index (χ3v) is 5.06. The van der Waals surface area contributed by atoms with Crippen molar-refractivity contribution < 1.29 is 14.4 Å². The summed E-state index contributed by atoms with van der Waals surface area (Å²) in [6.07, 6.45) is 3.45. The highest BCUT2D eigenvalue weighted by Gasteiger charge is 2.30. The van der Waals surface area contributed by atoms with Crippen LogP contribution in [0.2, 0.25) is 0 Å². The Morgan fingerprint density at radius 1 is 1.04 bits per heavy atom. The Labute approximate surface area is 148 Å². The van der Waals surface area contributed by atoms with Gasteiger partial charge in [0.2, 0.25) is 11.8 Å². The number of rotatable bonds is 7. The standard InChI is InChI=1S/C19H25N3O3/c23-17-7-8-18(24)22(17)10-4-9-20-19(25)21-13-14-11-16(12-14)15-5-2-1-3-6-15/h1-3,5-6,14,16H,4,7-13H2,(H2,20,21,25). The van der Waals surface area contributed by atoms with E-state index in [1.165, 1.54) is 10.5 Å². The van der Waals surface area contributed by atoms with Crippen LogP contribution in [0.15, 0.2) is 30.3 Å². The van der Waals surface area contributed by atoms with Crippen LogP contribution in [0.4, 0.5) is 4.79 Å². The molecule has 3 rings (SSSR count). The van der Waals surface area contributed by atoms with Crippen molar-refractivity contribution in [3.8, 4) is 0 Å². The van der Waals surface area contributed by atoms with Gasteiger partial charge in [0.1, 0.15) is 0 Å². The van der Waals surface area contributed by atoms with E-state index in [-0.39, 0.29) is 17.8 Å². The maximum absolute atomic E-state index is 11.8. The van der Waals surface area contributed by atoms with Gasteiger partial charge in [0.25, 0.3) is 0 Å². The minimum atomic E-state index is -0.178. The molecule has 0 aromatic heterocycles. The molecule has 2 N–H and O–H groups in total. The zero-order valence-electron chi connectivity index (χ0n) is 14.4. The highest BCUT2D eigenvalue weighted by atomic mass is 16.2. The lowest BCUT2D eigenvalue weighted by atomic mass is 9.71. The number of imide groups is 1. The number of carbonyl (C=O) groups is 3. The Hall–Kier alpha value is -2.37. The zero-order valence-corrected chi connectivity index (χ0v) is 14.4. The third kappa shape index (κ3) is 4.59. The van der Waals surface area contributed by atoms with Crippen molar-refractivity contribution in [2.75, 3.05) is 19.6 Å². The van der Waals surface area contributed by atoms with E-state index in [2.05, 4.69) is 34.9 Å². The van der Waals surface area contributed by atoms with Gasteiger partial charge in [-0.3, -0.25) is 14.5 Å². The predicted octanol–water partition coefficient (Wildman–Crippen LogP) is 2.02. The molecule has 1 aromatic carbocycles. The van der Waals surface area contributed by atoms with Crippen molar-refractivity contribution >= 4 is 17.8 Å². The first-order valence-corrected chi connectivity index (χ1v) is 9.03. The summed E-state index contributed by atoms with van der Waals surface area (Å²) >= 11 is 0. The minimum Gasteiger partial charge on any atom is -0.338 e. The van der Waals surface area contributed by atoms with E-state index in [0.717, 1.165) is 12.8 Å². The van der Waals surface area contributed by atoms with Crippen molar-refractivity contribution in [2.45, 2.75) is 38.0 Å². The summed E-state index contributed by atoms with van der Waals surface area (Å²) in [5.74, 6) is 0.946. The first-order chi connectivity index (χ1) is 12.1. The molecule has 1 saturated carbocycles.